The summed E-state index contributed by atoms with van der Waals surface area (Å²) in [6.45, 7) is 0. The number of nitrogens with zero attached hydrogens (tertiary/aromatic N) is 1. The van der Waals surface area contributed by atoms with Crippen LogP contribution in [-0.4, -0.2) is 19.8 Å². The first-order valence-electron chi connectivity index (χ1n) is 6.91. The summed E-state index contributed by atoms with van der Waals surface area (Å²) < 4.78 is 53.1. The van der Waals surface area contributed by atoms with Gasteiger partial charge in [0.15, 0.2) is 0 Å². The molecule has 1 atom stereocenters. The van der Waals surface area contributed by atoms with Crippen molar-refractivity contribution >= 4 is 10.0 Å². The fourth-order valence-corrected chi connectivity index (χ4v) is 4.33. The van der Waals surface area contributed by atoms with Gasteiger partial charge in [0.1, 0.15) is 11.6 Å². The van der Waals surface area contributed by atoms with E-state index in [0.29, 0.717) is 12.5 Å². The van der Waals surface area contributed by atoms with E-state index in [1.165, 1.54) is 11.4 Å². The average molecular weight is 323 g/mol. The second-order valence-corrected chi connectivity index (χ2v) is 7.38. The maximum atomic E-state index is 13.3. The number of benzene rings is 2. The van der Waals surface area contributed by atoms with E-state index in [-0.39, 0.29) is 10.9 Å². The number of rotatable bonds is 3. The van der Waals surface area contributed by atoms with Crippen molar-refractivity contribution in [2.45, 2.75) is 23.8 Å². The molecule has 0 heterocycles. The first-order valence-corrected chi connectivity index (χ1v) is 8.35. The molecule has 1 unspecified atom stereocenters. The lowest BCUT2D eigenvalue weighted by molar-refractivity contribution is 0.374. The lowest BCUT2D eigenvalue weighted by Gasteiger charge is -2.24. The Morgan fingerprint density at radius 2 is 1.73 bits per heavy atom. The van der Waals surface area contributed by atoms with E-state index in [9.17, 15) is 17.2 Å². The molecule has 1 aliphatic rings. The van der Waals surface area contributed by atoms with E-state index in [0.717, 1.165) is 29.7 Å². The van der Waals surface area contributed by atoms with Crippen molar-refractivity contribution in [1.29, 1.82) is 0 Å². The summed E-state index contributed by atoms with van der Waals surface area (Å²) in [4.78, 5) is -0.364. The molecule has 116 valence electrons. The molecule has 6 heteroatoms. The van der Waals surface area contributed by atoms with Crippen LogP contribution in [0.4, 0.5) is 8.78 Å². The Balaban J connectivity index is 2.00. The summed E-state index contributed by atoms with van der Waals surface area (Å²) in [6.07, 6.45) is 1.45. The predicted octanol–water partition coefficient (Wildman–Crippen LogP) is 3.27. The molecule has 0 saturated heterocycles. The number of halogens is 2. The third-order valence-corrected chi connectivity index (χ3v) is 5.90. The minimum atomic E-state index is -3.96. The number of hydrogen-bond acceptors (Lipinski definition) is 2. The zero-order valence-corrected chi connectivity index (χ0v) is 12.8. The van der Waals surface area contributed by atoms with Crippen molar-refractivity contribution in [3.05, 3.63) is 65.2 Å². The first kappa shape index (κ1) is 15.1. The minimum Gasteiger partial charge on any atom is -0.207 e. The van der Waals surface area contributed by atoms with Gasteiger partial charge in [0, 0.05) is 13.1 Å². The Bertz CT molecular complexity index is 800. The van der Waals surface area contributed by atoms with Crippen LogP contribution in [0.5, 0.6) is 0 Å². The Labute approximate surface area is 128 Å². The molecule has 2 aromatic carbocycles. The first-order chi connectivity index (χ1) is 10.4. The van der Waals surface area contributed by atoms with Crippen LogP contribution >= 0.6 is 0 Å². The van der Waals surface area contributed by atoms with E-state index in [1.807, 2.05) is 24.3 Å². The molecule has 0 spiro atoms. The molecule has 0 aliphatic heterocycles. The minimum absolute atomic E-state index is 0.312. The lowest BCUT2D eigenvalue weighted by atomic mass is 10.1. The standard InChI is InChI=1S/C16H15F2NO2S/c1-19(16-7-6-11-4-2-3-5-15(11)16)22(20,21)14-9-12(17)8-13(18)10-14/h2-5,8-10,16H,6-7H2,1H3. The van der Waals surface area contributed by atoms with E-state index in [1.54, 1.807) is 0 Å². The van der Waals surface area contributed by atoms with Crippen molar-refractivity contribution in [3.63, 3.8) is 0 Å². The molecule has 1 aliphatic carbocycles. The molecule has 0 saturated carbocycles. The Morgan fingerprint density at radius 1 is 1.09 bits per heavy atom. The van der Waals surface area contributed by atoms with Crippen LogP contribution < -0.4 is 0 Å². The summed E-state index contributed by atoms with van der Waals surface area (Å²) >= 11 is 0. The summed E-state index contributed by atoms with van der Waals surface area (Å²) in [7, 11) is -2.51. The average Bonchev–Trinajstić information content (AvgIpc) is 2.89. The fourth-order valence-electron chi connectivity index (χ4n) is 2.92. The van der Waals surface area contributed by atoms with E-state index in [4.69, 9.17) is 0 Å². The zero-order chi connectivity index (χ0) is 15.9. The van der Waals surface area contributed by atoms with Crippen molar-refractivity contribution in [1.82, 2.24) is 4.31 Å². The normalized spacial score (nSPS) is 17.7. The van der Waals surface area contributed by atoms with Crippen LogP contribution in [0.15, 0.2) is 47.4 Å². The molecule has 0 radical (unpaired) electrons. The maximum Gasteiger partial charge on any atom is 0.243 e. The second-order valence-electron chi connectivity index (χ2n) is 5.38. The van der Waals surface area contributed by atoms with Crippen molar-refractivity contribution < 1.29 is 17.2 Å². The van der Waals surface area contributed by atoms with Crippen LogP contribution in [0.1, 0.15) is 23.6 Å². The SMILES string of the molecule is CN(C1CCc2ccccc21)S(=O)(=O)c1cc(F)cc(F)c1. The number of aryl methyl sites for hydroxylation is 1. The van der Waals surface area contributed by atoms with Crippen LogP contribution in [-0.2, 0) is 16.4 Å². The van der Waals surface area contributed by atoms with Gasteiger partial charge in [-0.2, -0.15) is 4.31 Å². The number of fused-ring (bicyclic) bond motifs is 1. The molecule has 0 N–H and O–H groups in total. The van der Waals surface area contributed by atoms with Crippen LogP contribution in [0.25, 0.3) is 0 Å². The molecular weight excluding hydrogens is 308 g/mol. The number of hydrogen-bond donors (Lipinski definition) is 0. The van der Waals surface area contributed by atoms with Gasteiger partial charge >= 0.3 is 0 Å². The Morgan fingerprint density at radius 3 is 2.41 bits per heavy atom. The van der Waals surface area contributed by atoms with Gasteiger partial charge in [-0.1, -0.05) is 24.3 Å². The van der Waals surface area contributed by atoms with E-state index in [2.05, 4.69) is 0 Å². The molecule has 2 aromatic rings. The predicted molar refractivity (Wildman–Crippen MR) is 78.8 cm³/mol. The van der Waals surface area contributed by atoms with Crippen molar-refractivity contribution in [2.75, 3.05) is 7.05 Å². The molecule has 3 nitrogen and oxygen atoms in total. The van der Waals surface area contributed by atoms with Crippen LogP contribution in [0, 0.1) is 11.6 Å². The van der Waals surface area contributed by atoms with Gasteiger partial charge in [0.2, 0.25) is 10.0 Å². The Kier molecular flexibility index (Phi) is 3.74. The van der Waals surface area contributed by atoms with Gasteiger partial charge in [-0.3, -0.25) is 0 Å². The van der Waals surface area contributed by atoms with Gasteiger partial charge in [-0.05, 0) is 36.1 Å². The summed E-state index contributed by atoms with van der Waals surface area (Å²) in [5.41, 5.74) is 2.06. The molecule has 0 bridgehead atoms. The highest BCUT2D eigenvalue weighted by Gasteiger charge is 2.33. The van der Waals surface area contributed by atoms with Gasteiger partial charge in [-0.25, -0.2) is 17.2 Å². The highest BCUT2D eigenvalue weighted by molar-refractivity contribution is 7.89. The quantitative estimate of drug-likeness (QED) is 0.869. The topological polar surface area (TPSA) is 37.4 Å². The van der Waals surface area contributed by atoms with Gasteiger partial charge in [-0.15, -0.1) is 0 Å². The highest BCUT2D eigenvalue weighted by Crippen LogP contribution is 2.37. The van der Waals surface area contributed by atoms with Crippen LogP contribution in [0.2, 0.25) is 0 Å². The van der Waals surface area contributed by atoms with Gasteiger partial charge in [0.05, 0.1) is 10.9 Å². The highest BCUT2D eigenvalue weighted by atomic mass is 32.2. The zero-order valence-electron chi connectivity index (χ0n) is 12.0. The van der Waals surface area contributed by atoms with Gasteiger partial charge in [0.25, 0.3) is 0 Å². The van der Waals surface area contributed by atoms with Crippen LogP contribution in [0.3, 0.4) is 0 Å². The third-order valence-electron chi connectivity index (χ3n) is 4.05. The maximum absolute atomic E-state index is 13.3. The van der Waals surface area contributed by atoms with Crippen molar-refractivity contribution in [3.8, 4) is 0 Å². The molecule has 3 rings (SSSR count). The van der Waals surface area contributed by atoms with E-state index < -0.39 is 21.7 Å². The summed E-state index contributed by atoms with van der Waals surface area (Å²) in [5, 5.41) is 0. The summed E-state index contributed by atoms with van der Waals surface area (Å²) in [5.74, 6) is -1.81. The monoisotopic (exact) mass is 323 g/mol. The molecule has 0 aromatic heterocycles. The lowest BCUT2D eigenvalue weighted by Crippen LogP contribution is -2.30. The largest absolute Gasteiger partial charge is 0.243 e. The summed E-state index contributed by atoms with van der Waals surface area (Å²) in [6, 6.07) is 9.67. The second kappa shape index (κ2) is 5.44. The number of sulfonamides is 1. The fraction of sp³-hybridized carbons (Fsp3) is 0.250. The van der Waals surface area contributed by atoms with Crippen molar-refractivity contribution in [2.24, 2.45) is 0 Å². The Hall–Kier alpha value is -1.79. The third kappa shape index (κ3) is 2.53. The smallest absolute Gasteiger partial charge is 0.207 e. The molecule has 0 fully saturated rings. The van der Waals surface area contributed by atoms with E-state index >= 15 is 0 Å². The van der Waals surface area contributed by atoms with Gasteiger partial charge < -0.3 is 0 Å². The molecular formula is C16H15F2NO2S. The molecule has 22 heavy (non-hydrogen) atoms. The molecule has 0 amide bonds.